The molecule has 0 aliphatic carbocycles. The van der Waals surface area contributed by atoms with Gasteiger partial charge in [-0.1, -0.05) is 60.7 Å². The minimum Gasteiger partial charge on any atom is -0.462 e. The van der Waals surface area contributed by atoms with Crippen molar-refractivity contribution in [3.8, 4) is 0 Å². The van der Waals surface area contributed by atoms with Crippen molar-refractivity contribution in [2.45, 2.75) is 38.5 Å². The topological polar surface area (TPSA) is 38.8 Å². The molecule has 1 fully saturated rings. The summed E-state index contributed by atoms with van der Waals surface area (Å²) in [5.74, 6) is -0.223. The second-order valence-electron chi connectivity index (χ2n) is 7.80. The normalized spacial score (nSPS) is 15.3. The molecule has 4 nitrogen and oxygen atoms in total. The second kappa shape index (κ2) is 10.7. The first-order valence-corrected chi connectivity index (χ1v) is 11.8. The lowest BCUT2D eigenvalue weighted by Gasteiger charge is -2.34. The molecule has 0 saturated carbocycles. The van der Waals surface area contributed by atoms with Gasteiger partial charge in [-0.05, 0) is 43.0 Å². The Balaban J connectivity index is 1.34. The molecule has 0 bridgehead atoms. The fourth-order valence-electron chi connectivity index (χ4n) is 4.00. The van der Waals surface area contributed by atoms with Crippen LogP contribution in [0.15, 0.2) is 72.8 Å². The summed E-state index contributed by atoms with van der Waals surface area (Å²) in [4.78, 5) is 16.2. The van der Waals surface area contributed by atoms with Gasteiger partial charge in [0, 0.05) is 24.5 Å². The molecule has 3 aromatic rings. The van der Waals surface area contributed by atoms with Crippen LogP contribution in [0.5, 0.6) is 0 Å². The van der Waals surface area contributed by atoms with Crippen LogP contribution >= 0.6 is 11.3 Å². The van der Waals surface area contributed by atoms with E-state index in [1.165, 1.54) is 27.3 Å². The lowest BCUT2D eigenvalue weighted by Crippen LogP contribution is -2.37. The molecule has 1 saturated heterocycles. The predicted octanol–water partition coefficient (Wildman–Crippen LogP) is 5.70. The first-order chi connectivity index (χ1) is 15.2. The van der Waals surface area contributed by atoms with Crippen LogP contribution in [0, 0.1) is 0 Å². The van der Waals surface area contributed by atoms with E-state index in [-0.39, 0.29) is 18.2 Å². The van der Waals surface area contributed by atoms with Gasteiger partial charge in [-0.25, -0.2) is 4.79 Å². The summed E-state index contributed by atoms with van der Waals surface area (Å²) in [7, 11) is 0. The Kier molecular flexibility index (Phi) is 7.52. The molecule has 1 aliphatic heterocycles. The van der Waals surface area contributed by atoms with Crippen molar-refractivity contribution in [1.82, 2.24) is 4.90 Å². The molecule has 4 rings (SSSR count). The molecule has 0 unspecified atom stereocenters. The number of esters is 1. The number of piperidine rings is 1. The average molecular weight is 436 g/mol. The maximum atomic E-state index is 11.9. The van der Waals surface area contributed by atoms with Crippen molar-refractivity contribution in [3.05, 3.63) is 93.7 Å². The molecule has 162 valence electrons. The van der Waals surface area contributed by atoms with Crippen LogP contribution in [-0.4, -0.2) is 36.7 Å². The van der Waals surface area contributed by atoms with Gasteiger partial charge in [0.1, 0.15) is 11.0 Å². The largest absolute Gasteiger partial charge is 0.462 e. The number of ether oxygens (including phenoxy) is 2. The molecule has 2 aromatic carbocycles. The third-order valence-corrected chi connectivity index (χ3v) is 6.64. The predicted molar refractivity (Wildman–Crippen MR) is 124 cm³/mol. The Morgan fingerprint density at radius 1 is 0.968 bits per heavy atom. The van der Waals surface area contributed by atoms with Crippen molar-refractivity contribution in [2.24, 2.45) is 0 Å². The summed E-state index contributed by atoms with van der Waals surface area (Å²) < 4.78 is 11.7. The zero-order valence-electron chi connectivity index (χ0n) is 17.9. The van der Waals surface area contributed by atoms with Crippen molar-refractivity contribution in [3.63, 3.8) is 0 Å². The number of benzene rings is 2. The zero-order valence-corrected chi connectivity index (χ0v) is 18.7. The molecule has 0 amide bonds. The Hall–Kier alpha value is -2.47. The lowest BCUT2D eigenvalue weighted by molar-refractivity contribution is -0.0280. The Morgan fingerprint density at radius 3 is 2.16 bits per heavy atom. The number of carbonyl (C=O) groups is 1. The number of hydrogen-bond donors (Lipinski definition) is 0. The molecule has 0 N–H and O–H groups in total. The highest BCUT2D eigenvalue weighted by atomic mass is 32.1. The van der Waals surface area contributed by atoms with E-state index in [1.54, 1.807) is 0 Å². The van der Waals surface area contributed by atoms with Crippen LogP contribution in [0.3, 0.4) is 0 Å². The van der Waals surface area contributed by atoms with E-state index in [9.17, 15) is 4.79 Å². The van der Waals surface area contributed by atoms with Crippen LogP contribution in [0.25, 0.3) is 0 Å². The second-order valence-corrected chi connectivity index (χ2v) is 8.97. The van der Waals surface area contributed by atoms with E-state index in [4.69, 9.17) is 9.47 Å². The van der Waals surface area contributed by atoms with Gasteiger partial charge in [0.25, 0.3) is 0 Å². The van der Waals surface area contributed by atoms with Crippen LogP contribution in [-0.2, 0) is 16.0 Å². The van der Waals surface area contributed by atoms with Crippen LogP contribution in [0.4, 0.5) is 0 Å². The monoisotopic (exact) mass is 435 g/mol. The van der Waals surface area contributed by atoms with Crippen molar-refractivity contribution >= 4 is 17.3 Å². The highest BCUT2D eigenvalue weighted by Crippen LogP contribution is 2.30. The summed E-state index contributed by atoms with van der Waals surface area (Å²) in [5, 5.41) is 0. The molecular formula is C26H29NO3S. The molecule has 31 heavy (non-hydrogen) atoms. The fourth-order valence-corrected chi connectivity index (χ4v) is 4.94. The highest BCUT2D eigenvalue weighted by Gasteiger charge is 2.25. The fraction of sp³-hybridized carbons (Fsp3) is 0.346. The van der Waals surface area contributed by atoms with E-state index in [0.29, 0.717) is 11.5 Å². The van der Waals surface area contributed by atoms with Gasteiger partial charge >= 0.3 is 5.97 Å². The summed E-state index contributed by atoms with van der Waals surface area (Å²) >= 11 is 1.53. The average Bonchev–Trinajstić information content (AvgIpc) is 3.28. The maximum absolute atomic E-state index is 11.9. The summed E-state index contributed by atoms with van der Waals surface area (Å²) in [6.45, 7) is 5.10. The quantitative estimate of drug-likeness (QED) is 0.426. The molecule has 5 heteroatoms. The molecule has 0 radical (unpaired) electrons. The van der Waals surface area contributed by atoms with E-state index in [0.717, 1.165) is 32.5 Å². The van der Waals surface area contributed by atoms with Crippen LogP contribution < -0.4 is 0 Å². The van der Waals surface area contributed by atoms with Gasteiger partial charge in [-0.15, -0.1) is 11.3 Å². The maximum Gasteiger partial charge on any atom is 0.348 e. The smallest absolute Gasteiger partial charge is 0.348 e. The van der Waals surface area contributed by atoms with Gasteiger partial charge in [-0.2, -0.15) is 0 Å². The summed E-state index contributed by atoms with van der Waals surface area (Å²) in [5.41, 5.74) is 2.39. The Morgan fingerprint density at radius 2 is 1.58 bits per heavy atom. The molecular weight excluding hydrogens is 406 g/mol. The standard InChI is InChI=1S/C26H29NO3S/c1-2-29-26(28)24-14-13-23(31-24)19-27-17-15-22(16-18-27)30-25(20-9-5-3-6-10-20)21-11-7-4-8-12-21/h3-14,22,25H,2,15-19H2,1H3. The summed E-state index contributed by atoms with van der Waals surface area (Å²) in [6, 6.07) is 24.9. The van der Waals surface area contributed by atoms with E-state index in [2.05, 4.69) is 53.4 Å². The highest BCUT2D eigenvalue weighted by molar-refractivity contribution is 7.13. The number of hydrogen-bond acceptors (Lipinski definition) is 5. The first-order valence-electron chi connectivity index (χ1n) is 11.0. The van der Waals surface area contributed by atoms with Crippen molar-refractivity contribution in [1.29, 1.82) is 0 Å². The number of thiophene rings is 1. The number of likely N-dealkylation sites (tertiary alicyclic amines) is 1. The van der Waals surface area contributed by atoms with Crippen LogP contribution in [0.1, 0.15) is 51.5 Å². The van der Waals surface area contributed by atoms with Gasteiger partial charge in [0.05, 0.1) is 12.7 Å². The van der Waals surface area contributed by atoms with E-state index < -0.39 is 0 Å². The van der Waals surface area contributed by atoms with E-state index in [1.807, 2.05) is 31.2 Å². The molecule has 2 heterocycles. The number of rotatable bonds is 8. The molecule has 1 aliphatic rings. The third kappa shape index (κ3) is 5.82. The van der Waals surface area contributed by atoms with Crippen molar-refractivity contribution in [2.75, 3.05) is 19.7 Å². The number of carbonyl (C=O) groups excluding carboxylic acids is 1. The first kappa shape index (κ1) is 21.8. The molecule has 0 atom stereocenters. The minimum atomic E-state index is -0.223. The number of nitrogens with zero attached hydrogens (tertiary/aromatic N) is 1. The molecule has 1 aromatic heterocycles. The van der Waals surface area contributed by atoms with Crippen LogP contribution in [0.2, 0.25) is 0 Å². The van der Waals surface area contributed by atoms with E-state index >= 15 is 0 Å². The van der Waals surface area contributed by atoms with Gasteiger partial charge in [0.15, 0.2) is 0 Å². The van der Waals surface area contributed by atoms with Gasteiger partial charge in [-0.3, -0.25) is 4.90 Å². The van der Waals surface area contributed by atoms with Gasteiger partial charge < -0.3 is 9.47 Å². The third-order valence-electron chi connectivity index (χ3n) is 5.59. The minimum absolute atomic E-state index is 0.0385. The summed E-state index contributed by atoms with van der Waals surface area (Å²) in [6.07, 6.45) is 2.21. The van der Waals surface area contributed by atoms with Gasteiger partial charge in [0.2, 0.25) is 0 Å². The Bertz CT molecular complexity index is 910. The zero-order chi connectivity index (χ0) is 21.5. The lowest BCUT2D eigenvalue weighted by atomic mass is 10.00. The molecule has 0 spiro atoms. The Labute approximate surface area is 188 Å². The SMILES string of the molecule is CCOC(=O)c1ccc(CN2CCC(OC(c3ccccc3)c3ccccc3)CC2)s1. The van der Waals surface area contributed by atoms with Crippen molar-refractivity contribution < 1.29 is 14.3 Å².